The van der Waals surface area contributed by atoms with Crippen molar-refractivity contribution in [3.8, 4) is 0 Å². The molecule has 18 heavy (non-hydrogen) atoms. The predicted octanol–water partition coefficient (Wildman–Crippen LogP) is 2.89. The zero-order valence-electron chi connectivity index (χ0n) is 11.3. The third-order valence-corrected chi connectivity index (χ3v) is 2.93. The minimum atomic E-state index is -1.02. The van der Waals surface area contributed by atoms with Crippen molar-refractivity contribution in [2.45, 2.75) is 45.4 Å². The van der Waals surface area contributed by atoms with E-state index in [1.807, 2.05) is 39.0 Å². The average molecular weight is 251 g/mol. The number of amides is 1. The van der Waals surface area contributed by atoms with Gasteiger partial charge >= 0.3 is 6.09 Å². The highest BCUT2D eigenvalue weighted by molar-refractivity contribution is 5.66. The molecule has 0 aliphatic rings. The van der Waals surface area contributed by atoms with Gasteiger partial charge in [-0.25, -0.2) is 4.79 Å². The van der Waals surface area contributed by atoms with Crippen LogP contribution in [0.2, 0.25) is 0 Å². The van der Waals surface area contributed by atoms with Crippen molar-refractivity contribution in [2.24, 2.45) is 0 Å². The molecule has 0 aliphatic carbocycles. The minimum Gasteiger partial charge on any atom is -0.465 e. The maximum atomic E-state index is 11.3. The number of hydrogen-bond acceptors (Lipinski definition) is 2. The first-order valence-corrected chi connectivity index (χ1v) is 6.00. The van der Waals surface area contributed by atoms with Crippen molar-refractivity contribution in [1.82, 2.24) is 4.90 Å². The Hall–Kier alpha value is -1.55. The van der Waals surface area contributed by atoms with Crippen LogP contribution in [0.25, 0.3) is 0 Å². The van der Waals surface area contributed by atoms with Crippen LogP contribution in [-0.4, -0.2) is 32.8 Å². The molecular weight excluding hydrogens is 230 g/mol. The van der Waals surface area contributed by atoms with Crippen LogP contribution in [-0.2, 0) is 0 Å². The lowest BCUT2D eigenvalue weighted by molar-refractivity contribution is 0.0141. The van der Waals surface area contributed by atoms with Gasteiger partial charge in [-0.2, -0.15) is 0 Å². The van der Waals surface area contributed by atoms with Crippen molar-refractivity contribution in [1.29, 1.82) is 0 Å². The number of aliphatic hydroxyl groups excluding tert-OH is 1. The van der Waals surface area contributed by atoms with Gasteiger partial charge < -0.3 is 10.2 Å². The lowest BCUT2D eigenvalue weighted by atomic mass is 9.97. The van der Waals surface area contributed by atoms with Crippen molar-refractivity contribution < 1.29 is 15.0 Å². The SMILES string of the molecule is C[C@@H](C(O)c1ccccc1)N(C(=O)O)C(C)(C)C. The van der Waals surface area contributed by atoms with Crippen LogP contribution in [0.15, 0.2) is 30.3 Å². The smallest absolute Gasteiger partial charge is 0.408 e. The standard InChI is InChI=1S/C14H21NO3/c1-10(15(13(17)18)14(2,3)4)12(16)11-8-6-5-7-9-11/h5-10,12,16H,1-4H3,(H,17,18)/t10-,12?/m0/s1. The molecule has 0 saturated carbocycles. The topological polar surface area (TPSA) is 60.8 Å². The van der Waals surface area contributed by atoms with Gasteiger partial charge in [-0.05, 0) is 33.3 Å². The number of benzene rings is 1. The first kappa shape index (κ1) is 14.5. The van der Waals surface area contributed by atoms with Crippen LogP contribution in [0.1, 0.15) is 39.4 Å². The monoisotopic (exact) mass is 251 g/mol. The summed E-state index contributed by atoms with van der Waals surface area (Å²) in [5.41, 5.74) is 0.168. The third kappa shape index (κ3) is 3.23. The molecule has 0 bridgehead atoms. The Balaban J connectivity index is 2.98. The van der Waals surface area contributed by atoms with Crippen LogP contribution < -0.4 is 0 Å². The number of carbonyl (C=O) groups is 1. The van der Waals surface area contributed by atoms with Crippen molar-refractivity contribution in [2.75, 3.05) is 0 Å². The van der Waals surface area contributed by atoms with E-state index in [0.29, 0.717) is 0 Å². The molecule has 0 aliphatic heterocycles. The van der Waals surface area contributed by atoms with E-state index >= 15 is 0 Å². The van der Waals surface area contributed by atoms with E-state index in [-0.39, 0.29) is 0 Å². The van der Waals surface area contributed by atoms with E-state index in [4.69, 9.17) is 0 Å². The van der Waals surface area contributed by atoms with E-state index in [1.165, 1.54) is 4.90 Å². The molecule has 0 spiro atoms. The summed E-state index contributed by atoms with van der Waals surface area (Å²) in [6.45, 7) is 7.16. The van der Waals surface area contributed by atoms with Crippen LogP contribution in [0.5, 0.6) is 0 Å². The molecule has 0 radical (unpaired) electrons. The summed E-state index contributed by atoms with van der Waals surface area (Å²) in [7, 11) is 0. The van der Waals surface area contributed by atoms with Crippen molar-refractivity contribution in [3.05, 3.63) is 35.9 Å². The molecule has 1 aromatic rings. The highest BCUT2D eigenvalue weighted by atomic mass is 16.4. The van der Waals surface area contributed by atoms with Gasteiger partial charge in [0, 0.05) is 5.54 Å². The summed E-state index contributed by atoms with van der Waals surface area (Å²) in [6, 6.07) is 8.60. The molecule has 1 rings (SSSR count). The van der Waals surface area contributed by atoms with Crippen LogP contribution in [0.4, 0.5) is 4.79 Å². The zero-order valence-corrected chi connectivity index (χ0v) is 11.3. The summed E-state index contributed by atoms with van der Waals surface area (Å²) < 4.78 is 0. The van der Waals surface area contributed by atoms with Gasteiger partial charge in [0.15, 0.2) is 0 Å². The maximum absolute atomic E-state index is 11.3. The molecule has 0 fully saturated rings. The Labute approximate surface area is 108 Å². The molecule has 0 saturated heterocycles. The van der Waals surface area contributed by atoms with Gasteiger partial charge in [-0.1, -0.05) is 30.3 Å². The van der Waals surface area contributed by atoms with E-state index < -0.39 is 23.8 Å². The fourth-order valence-corrected chi connectivity index (χ4v) is 2.14. The highest BCUT2D eigenvalue weighted by Gasteiger charge is 2.34. The van der Waals surface area contributed by atoms with E-state index in [9.17, 15) is 15.0 Å². The quantitative estimate of drug-likeness (QED) is 0.868. The normalized spacial score (nSPS) is 14.9. The van der Waals surface area contributed by atoms with Crippen molar-refractivity contribution in [3.63, 3.8) is 0 Å². The van der Waals surface area contributed by atoms with Crippen LogP contribution in [0.3, 0.4) is 0 Å². The Bertz CT molecular complexity index is 397. The molecule has 2 N–H and O–H groups in total. The van der Waals surface area contributed by atoms with Crippen LogP contribution >= 0.6 is 0 Å². The first-order chi connectivity index (χ1) is 8.25. The second-order valence-corrected chi connectivity index (χ2v) is 5.42. The van der Waals surface area contributed by atoms with Crippen LogP contribution in [0, 0.1) is 0 Å². The number of carboxylic acid groups (broad SMARTS) is 1. The summed E-state index contributed by atoms with van der Waals surface area (Å²) in [4.78, 5) is 12.6. The number of rotatable bonds is 3. The third-order valence-electron chi connectivity index (χ3n) is 2.93. The molecule has 0 aromatic heterocycles. The summed E-state index contributed by atoms with van der Waals surface area (Å²) in [5, 5.41) is 19.6. The van der Waals surface area contributed by atoms with Gasteiger partial charge in [-0.3, -0.25) is 4.90 Å². The molecule has 4 heteroatoms. The lowest BCUT2D eigenvalue weighted by Gasteiger charge is -2.40. The Morgan fingerprint density at radius 2 is 1.72 bits per heavy atom. The molecule has 1 amide bonds. The first-order valence-electron chi connectivity index (χ1n) is 6.00. The molecular formula is C14H21NO3. The molecule has 100 valence electrons. The van der Waals surface area contributed by atoms with E-state index in [0.717, 1.165) is 5.56 Å². The Kier molecular flexibility index (Phi) is 4.35. The molecule has 4 nitrogen and oxygen atoms in total. The van der Waals surface area contributed by atoms with Gasteiger partial charge in [0.05, 0.1) is 12.1 Å². The maximum Gasteiger partial charge on any atom is 0.408 e. The van der Waals surface area contributed by atoms with Gasteiger partial charge in [-0.15, -0.1) is 0 Å². The second kappa shape index (κ2) is 5.40. The number of hydrogen-bond donors (Lipinski definition) is 2. The highest BCUT2D eigenvalue weighted by Crippen LogP contribution is 2.26. The largest absolute Gasteiger partial charge is 0.465 e. The Morgan fingerprint density at radius 1 is 1.22 bits per heavy atom. The average Bonchev–Trinajstić information content (AvgIpc) is 2.26. The fourth-order valence-electron chi connectivity index (χ4n) is 2.14. The van der Waals surface area contributed by atoms with E-state index in [2.05, 4.69) is 0 Å². The van der Waals surface area contributed by atoms with E-state index in [1.54, 1.807) is 19.1 Å². The predicted molar refractivity (Wildman–Crippen MR) is 70.5 cm³/mol. The minimum absolute atomic E-state index is 0.509. The lowest BCUT2D eigenvalue weighted by Crippen LogP contribution is -2.52. The second-order valence-electron chi connectivity index (χ2n) is 5.42. The van der Waals surface area contributed by atoms with Gasteiger partial charge in [0.2, 0.25) is 0 Å². The van der Waals surface area contributed by atoms with Crippen molar-refractivity contribution >= 4 is 6.09 Å². The summed E-state index contributed by atoms with van der Waals surface area (Å²) in [6.07, 6.45) is -1.86. The Morgan fingerprint density at radius 3 is 2.11 bits per heavy atom. The molecule has 0 heterocycles. The fraction of sp³-hybridized carbons (Fsp3) is 0.500. The molecule has 1 aromatic carbocycles. The number of aliphatic hydroxyl groups is 1. The zero-order chi connectivity index (χ0) is 13.9. The summed E-state index contributed by atoms with van der Waals surface area (Å²) in [5.74, 6) is 0. The van der Waals surface area contributed by atoms with Gasteiger partial charge in [0.25, 0.3) is 0 Å². The summed E-state index contributed by atoms with van der Waals surface area (Å²) >= 11 is 0. The number of nitrogens with zero attached hydrogens (tertiary/aromatic N) is 1. The van der Waals surface area contributed by atoms with Gasteiger partial charge in [0.1, 0.15) is 0 Å². The molecule has 1 unspecified atom stereocenters. The molecule has 2 atom stereocenters.